The van der Waals surface area contributed by atoms with E-state index in [-0.39, 0.29) is 6.61 Å². The summed E-state index contributed by atoms with van der Waals surface area (Å²) in [6.07, 6.45) is 1.65. The molecule has 1 aliphatic rings. The minimum absolute atomic E-state index is 0.0289. The zero-order valence-electron chi connectivity index (χ0n) is 14.1. The van der Waals surface area contributed by atoms with Gasteiger partial charge in [-0.15, -0.1) is 0 Å². The van der Waals surface area contributed by atoms with E-state index in [1.807, 2.05) is 27.7 Å². The molecule has 8 heteroatoms. The molecule has 0 aromatic carbocycles. The average Bonchev–Trinajstić information content (AvgIpc) is 2.67. The zero-order chi connectivity index (χ0) is 16.5. The standard InChI is InChI=1S/C14H24BN3O4/c1-13(2)14(3,4)22-15(21-13)10-9-16-12(17-11(10)20-6)18(5)7-8-19/h9,19H,7-8H2,1-6H3. The van der Waals surface area contributed by atoms with Crippen molar-refractivity contribution in [3.8, 4) is 5.88 Å². The van der Waals surface area contributed by atoms with Gasteiger partial charge in [0.15, 0.2) is 0 Å². The van der Waals surface area contributed by atoms with Gasteiger partial charge >= 0.3 is 7.12 Å². The molecule has 0 atom stereocenters. The van der Waals surface area contributed by atoms with Gasteiger partial charge in [0, 0.05) is 19.8 Å². The number of rotatable bonds is 5. The lowest BCUT2D eigenvalue weighted by molar-refractivity contribution is 0.00578. The Morgan fingerprint density at radius 3 is 2.36 bits per heavy atom. The number of aliphatic hydroxyl groups excluding tert-OH is 1. The number of anilines is 1. The minimum Gasteiger partial charge on any atom is -0.481 e. The first-order valence-electron chi connectivity index (χ1n) is 7.30. The van der Waals surface area contributed by atoms with Gasteiger partial charge in [-0.2, -0.15) is 4.98 Å². The van der Waals surface area contributed by atoms with Crippen LogP contribution in [0.3, 0.4) is 0 Å². The number of hydrogen-bond donors (Lipinski definition) is 1. The van der Waals surface area contributed by atoms with Crippen molar-refractivity contribution < 1.29 is 19.2 Å². The summed E-state index contributed by atoms with van der Waals surface area (Å²) in [6.45, 7) is 8.43. The molecular formula is C14H24BN3O4. The van der Waals surface area contributed by atoms with Gasteiger partial charge in [-0.1, -0.05) is 0 Å². The van der Waals surface area contributed by atoms with Gasteiger partial charge in [0.25, 0.3) is 0 Å². The van der Waals surface area contributed by atoms with Crippen LogP contribution in [0.15, 0.2) is 6.20 Å². The summed E-state index contributed by atoms with van der Waals surface area (Å²) < 4.78 is 17.4. The van der Waals surface area contributed by atoms with Crippen molar-refractivity contribution in [2.45, 2.75) is 38.9 Å². The molecule has 0 saturated carbocycles. The highest BCUT2D eigenvalue weighted by Gasteiger charge is 2.52. The average molecular weight is 309 g/mol. The molecule has 0 radical (unpaired) electrons. The topological polar surface area (TPSA) is 76.9 Å². The normalized spacial score (nSPS) is 19.3. The Labute approximate surface area is 131 Å². The van der Waals surface area contributed by atoms with Crippen LogP contribution < -0.4 is 15.1 Å². The Kier molecular flexibility index (Phi) is 4.65. The number of aliphatic hydroxyl groups is 1. The molecule has 1 aromatic heterocycles. The van der Waals surface area contributed by atoms with E-state index in [0.29, 0.717) is 23.8 Å². The largest absolute Gasteiger partial charge is 0.502 e. The van der Waals surface area contributed by atoms with Gasteiger partial charge in [0.2, 0.25) is 11.8 Å². The molecule has 0 bridgehead atoms. The van der Waals surface area contributed by atoms with Crippen LogP contribution in [0.5, 0.6) is 5.88 Å². The van der Waals surface area contributed by atoms with Gasteiger partial charge in [-0.05, 0) is 27.7 Å². The number of ether oxygens (including phenoxy) is 1. The number of methoxy groups -OCH3 is 1. The first-order valence-corrected chi connectivity index (χ1v) is 7.30. The fourth-order valence-electron chi connectivity index (χ4n) is 2.10. The molecule has 2 heterocycles. The second kappa shape index (κ2) is 6.02. The van der Waals surface area contributed by atoms with Gasteiger partial charge in [0.1, 0.15) is 0 Å². The quantitative estimate of drug-likeness (QED) is 0.779. The van der Waals surface area contributed by atoms with Crippen molar-refractivity contribution in [3.05, 3.63) is 6.20 Å². The molecule has 1 aromatic rings. The van der Waals surface area contributed by atoms with Crippen molar-refractivity contribution in [1.29, 1.82) is 0 Å². The Morgan fingerprint density at radius 2 is 1.86 bits per heavy atom. The number of likely N-dealkylation sites (N-methyl/N-ethyl adjacent to an activating group) is 1. The monoisotopic (exact) mass is 309 g/mol. The van der Waals surface area contributed by atoms with E-state index in [1.165, 1.54) is 0 Å². The third kappa shape index (κ3) is 3.04. The van der Waals surface area contributed by atoms with E-state index in [4.69, 9.17) is 19.2 Å². The van der Waals surface area contributed by atoms with Crippen molar-refractivity contribution in [2.75, 3.05) is 32.2 Å². The highest BCUT2D eigenvalue weighted by Crippen LogP contribution is 2.37. The molecule has 1 saturated heterocycles. The highest BCUT2D eigenvalue weighted by atomic mass is 16.7. The number of aromatic nitrogens is 2. The second-order valence-corrected chi connectivity index (χ2v) is 6.37. The maximum absolute atomic E-state index is 9.00. The molecule has 1 fully saturated rings. The van der Waals surface area contributed by atoms with E-state index in [9.17, 15) is 0 Å². The summed E-state index contributed by atoms with van der Waals surface area (Å²) in [5.74, 6) is 0.888. The Hall–Kier alpha value is -1.38. The lowest BCUT2D eigenvalue weighted by atomic mass is 9.81. The number of hydrogen-bond acceptors (Lipinski definition) is 7. The molecule has 0 aliphatic carbocycles. The summed E-state index contributed by atoms with van der Waals surface area (Å²) in [4.78, 5) is 10.4. The fourth-order valence-corrected chi connectivity index (χ4v) is 2.10. The third-order valence-electron chi connectivity index (χ3n) is 4.24. The highest BCUT2D eigenvalue weighted by molar-refractivity contribution is 6.63. The maximum Gasteiger partial charge on any atom is 0.502 e. The van der Waals surface area contributed by atoms with Gasteiger partial charge in [0.05, 0.1) is 30.4 Å². The molecular weight excluding hydrogens is 285 g/mol. The van der Waals surface area contributed by atoms with E-state index < -0.39 is 18.3 Å². The molecule has 0 spiro atoms. The van der Waals surface area contributed by atoms with Crippen molar-refractivity contribution in [3.63, 3.8) is 0 Å². The van der Waals surface area contributed by atoms with Gasteiger partial charge in [-0.25, -0.2) is 4.98 Å². The van der Waals surface area contributed by atoms with E-state index >= 15 is 0 Å². The summed E-state index contributed by atoms with van der Waals surface area (Å²) in [5.41, 5.74) is -0.216. The molecule has 0 unspecified atom stereocenters. The van der Waals surface area contributed by atoms with Crippen molar-refractivity contribution in [2.24, 2.45) is 0 Å². The summed E-state index contributed by atoms with van der Waals surface area (Å²) >= 11 is 0. The van der Waals surface area contributed by atoms with Crippen LogP contribution in [0.4, 0.5) is 5.95 Å². The van der Waals surface area contributed by atoms with Crippen LogP contribution in [0.25, 0.3) is 0 Å². The molecule has 0 amide bonds. The minimum atomic E-state index is -0.572. The summed E-state index contributed by atoms with van der Waals surface area (Å²) in [5, 5.41) is 9.00. The van der Waals surface area contributed by atoms with Crippen molar-refractivity contribution in [1.82, 2.24) is 9.97 Å². The molecule has 2 rings (SSSR count). The molecule has 1 N–H and O–H groups in total. The number of nitrogens with zero attached hydrogens (tertiary/aromatic N) is 3. The van der Waals surface area contributed by atoms with Gasteiger partial charge < -0.3 is 24.1 Å². The molecule has 7 nitrogen and oxygen atoms in total. The van der Waals surface area contributed by atoms with Crippen LogP contribution in [0.2, 0.25) is 0 Å². The van der Waals surface area contributed by atoms with E-state index in [0.717, 1.165) is 0 Å². The first-order chi connectivity index (χ1) is 10.2. The summed E-state index contributed by atoms with van der Waals surface area (Å²) in [6, 6.07) is 0. The van der Waals surface area contributed by atoms with Crippen LogP contribution in [-0.4, -0.2) is 60.7 Å². The third-order valence-corrected chi connectivity index (χ3v) is 4.24. The fraction of sp³-hybridized carbons (Fsp3) is 0.714. The van der Waals surface area contributed by atoms with E-state index in [2.05, 4.69) is 9.97 Å². The Bertz CT molecular complexity index is 523. The smallest absolute Gasteiger partial charge is 0.481 e. The lowest BCUT2D eigenvalue weighted by Gasteiger charge is -2.32. The molecule has 1 aliphatic heterocycles. The summed E-state index contributed by atoms with van der Waals surface area (Å²) in [7, 11) is 2.78. The van der Waals surface area contributed by atoms with E-state index in [1.54, 1.807) is 25.3 Å². The molecule has 122 valence electrons. The Morgan fingerprint density at radius 1 is 1.27 bits per heavy atom. The van der Waals surface area contributed by atoms with Crippen molar-refractivity contribution >= 4 is 18.5 Å². The van der Waals surface area contributed by atoms with Crippen LogP contribution in [0.1, 0.15) is 27.7 Å². The predicted molar refractivity (Wildman–Crippen MR) is 84.7 cm³/mol. The predicted octanol–water partition coefficient (Wildman–Crippen LogP) is 0.213. The first kappa shape index (κ1) is 17.0. The second-order valence-electron chi connectivity index (χ2n) is 6.37. The zero-order valence-corrected chi connectivity index (χ0v) is 14.1. The maximum atomic E-state index is 9.00. The molecule has 22 heavy (non-hydrogen) atoms. The lowest BCUT2D eigenvalue weighted by Crippen LogP contribution is -2.41. The van der Waals surface area contributed by atoms with Crippen LogP contribution in [-0.2, 0) is 9.31 Å². The van der Waals surface area contributed by atoms with Gasteiger partial charge in [-0.3, -0.25) is 0 Å². The SMILES string of the molecule is COc1nc(N(C)CCO)ncc1B1OC(C)(C)C(C)(C)O1. The van der Waals surface area contributed by atoms with Crippen LogP contribution in [0, 0.1) is 0 Å². The Balaban J connectivity index is 2.29. The van der Waals surface area contributed by atoms with Crippen LogP contribution >= 0.6 is 0 Å².